The van der Waals surface area contributed by atoms with E-state index < -0.39 is 41.2 Å². The Morgan fingerprint density at radius 3 is 2.40 bits per heavy atom. The monoisotopic (exact) mass is 700 g/mol. The number of likely N-dealkylation sites (tertiary alicyclic amines) is 1. The fraction of sp³-hybridized carbons (Fsp3) is 0.559. The Labute approximate surface area is 287 Å². The lowest BCUT2D eigenvalue weighted by atomic mass is 9.94. The van der Waals surface area contributed by atoms with Crippen LogP contribution < -0.4 is 10.2 Å². The zero-order chi connectivity index (χ0) is 36.2. The Kier molecular flexibility index (Phi) is 9.12. The molecule has 270 valence electrons. The molecule has 0 aromatic carbocycles. The third kappa shape index (κ3) is 8.06. The molecule has 1 aliphatic carbocycles. The third-order valence-electron chi connectivity index (χ3n) is 8.46. The lowest BCUT2D eigenvalue weighted by Gasteiger charge is -2.36. The van der Waals surface area contributed by atoms with Gasteiger partial charge >= 0.3 is 18.4 Å². The van der Waals surface area contributed by atoms with Crippen LogP contribution >= 0.6 is 0 Å². The molecular formula is C34H43F3N8O5. The molecule has 0 unspecified atom stereocenters. The normalized spacial score (nSPS) is 18.8. The highest BCUT2D eigenvalue weighted by molar-refractivity contribution is 5.88. The van der Waals surface area contributed by atoms with E-state index in [1.54, 1.807) is 64.5 Å². The summed E-state index contributed by atoms with van der Waals surface area (Å²) in [7, 11) is 0. The van der Waals surface area contributed by atoms with Crippen molar-refractivity contribution in [3.05, 3.63) is 53.6 Å². The summed E-state index contributed by atoms with van der Waals surface area (Å²) in [6.07, 6.45) is 0.540. The summed E-state index contributed by atoms with van der Waals surface area (Å²) >= 11 is 0. The van der Waals surface area contributed by atoms with E-state index in [1.165, 1.54) is 20.4 Å². The second-order valence-corrected chi connectivity index (χ2v) is 15.0. The average Bonchev–Trinajstić information content (AvgIpc) is 3.61. The molecule has 1 aliphatic heterocycles. The van der Waals surface area contributed by atoms with Crippen molar-refractivity contribution in [1.29, 1.82) is 0 Å². The second kappa shape index (κ2) is 12.9. The van der Waals surface area contributed by atoms with Crippen LogP contribution in [0.25, 0.3) is 11.3 Å². The van der Waals surface area contributed by atoms with Gasteiger partial charge in [0.15, 0.2) is 5.65 Å². The van der Waals surface area contributed by atoms with Crippen molar-refractivity contribution >= 4 is 35.1 Å². The largest absolute Gasteiger partial charge is 0.444 e. The number of aliphatic hydroxyl groups excluding tert-OH is 1. The van der Waals surface area contributed by atoms with Crippen molar-refractivity contribution in [2.45, 2.75) is 96.7 Å². The smallest absolute Gasteiger partial charge is 0.416 e. The molecule has 2 N–H and O–H groups in total. The average molecular weight is 701 g/mol. The first-order valence-corrected chi connectivity index (χ1v) is 16.7. The molecule has 50 heavy (non-hydrogen) atoms. The summed E-state index contributed by atoms with van der Waals surface area (Å²) in [6.45, 7) is 11.3. The van der Waals surface area contributed by atoms with Crippen molar-refractivity contribution in [3.63, 3.8) is 0 Å². The minimum atomic E-state index is -4.53. The number of carbonyl (C=O) groups is 2. The number of pyridine rings is 1. The number of piperidine rings is 1. The minimum absolute atomic E-state index is 0.0765. The molecule has 5 heterocycles. The number of β-amino-alcohol motifs (C(OH)–C–C–N with tert-alkyl or cyclic N) is 1. The zero-order valence-corrected chi connectivity index (χ0v) is 29.0. The van der Waals surface area contributed by atoms with Crippen LogP contribution in [0.2, 0.25) is 0 Å². The van der Waals surface area contributed by atoms with Gasteiger partial charge in [-0.15, -0.1) is 0 Å². The molecule has 6 rings (SSSR count). The number of hydrogen-bond acceptors (Lipinski definition) is 9. The Balaban J connectivity index is 1.30. The first-order valence-electron chi connectivity index (χ1n) is 16.7. The van der Waals surface area contributed by atoms with Crippen LogP contribution in [0.4, 0.5) is 34.4 Å². The number of hydrogen-bond donors (Lipinski definition) is 2. The van der Waals surface area contributed by atoms with E-state index in [1.807, 2.05) is 0 Å². The highest BCUT2D eigenvalue weighted by atomic mass is 19.4. The van der Waals surface area contributed by atoms with Gasteiger partial charge in [0.2, 0.25) is 0 Å². The first-order chi connectivity index (χ1) is 23.3. The number of imidazole rings is 1. The first kappa shape index (κ1) is 35.2. The summed E-state index contributed by atoms with van der Waals surface area (Å²) in [6, 6.07) is 3.58. The van der Waals surface area contributed by atoms with E-state index in [2.05, 4.69) is 15.4 Å². The molecule has 2 fully saturated rings. The van der Waals surface area contributed by atoms with Gasteiger partial charge in [-0.3, -0.25) is 4.90 Å². The number of alkyl halides is 3. The number of aliphatic hydroxyl groups is 1. The SMILES string of the molecule is CC(C)(C)OC(=O)N1CC[C@H](CNc2cc(N(Cc3cn4ccc(C(F)(F)F)cc4n3)C(=O)OC(C)(C)C)n3ncc(C4CC4)c3n2)[C@@H](O)C1. The Morgan fingerprint density at radius 2 is 1.76 bits per heavy atom. The van der Waals surface area contributed by atoms with E-state index >= 15 is 0 Å². The topological polar surface area (TPSA) is 139 Å². The Hall–Kier alpha value is -4.60. The number of halogens is 3. The number of ether oxygens (including phenoxy) is 2. The summed E-state index contributed by atoms with van der Waals surface area (Å²) < 4.78 is 54.5. The van der Waals surface area contributed by atoms with Crippen LogP contribution in [-0.2, 0) is 22.2 Å². The predicted octanol–water partition coefficient (Wildman–Crippen LogP) is 6.24. The van der Waals surface area contributed by atoms with Crippen LogP contribution in [0.5, 0.6) is 0 Å². The third-order valence-corrected chi connectivity index (χ3v) is 8.46. The number of nitrogens with one attached hydrogen (secondary N) is 1. The van der Waals surface area contributed by atoms with Gasteiger partial charge in [0.1, 0.15) is 28.5 Å². The molecule has 13 nitrogen and oxygen atoms in total. The van der Waals surface area contributed by atoms with E-state index in [9.17, 15) is 27.9 Å². The maximum absolute atomic E-state index is 13.9. The summed E-state index contributed by atoms with van der Waals surface area (Å²) in [4.78, 5) is 38.6. The fourth-order valence-corrected chi connectivity index (χ4v) is 5.88. The van der Waals surface area contributed by atoms with Gasteiger partial charge < -0.3 is 29.2 Å². The molecule has 2 aliphatic rings. The molecule has 2 atom stereocenters. The lowest BCUT2D eigenvalue weighted by molar-refractivity contribution is -0.137. The maximum Gasteiger partial charge on any atom is 0.416 e. The van der Waals surface area contributed by atoms with Crippen molar-refractivity contribution in [3.8, 4) is 0 Å². The van der Waals surface area contributed by atoms with Gasteiger partial charge in [0.25, 0.3) is 0 Å². The van der Waals surface area contributed by atoms with Crippen molar-refractivity contribution in [2.75, 3.05) is 29.9 Å². The number of amides is 2. The summed E-state index contributed by atoms with van der Waals surface area (Å²) in [5.41, 5.74) is -0.469. The highest BCUT2D eigenvalue weighted by Crippen LogP contribution is 2.42. The molecule has 1 saturated heterocycles. The molecule has 4 aromatic rings. The van der Waals surface area contributed by atoms with Crippen molar-refractivity contribution in [1.82, 2.24) is 28.9 Å². The van der Waals surface area contributed by atoms with Gasteiger partial charge in [-0.05, 0) is 78.9 Å². The Morgan fingerprint density at radius 1 is 1.04 bits per heavy atom. The number of anilines is 2. The predicted molar refractivity (Wildman–Crippen MR) is 178 cm³/mol. The van der Waals surface area contributed by atoms with Crippen LogP contribution in [-0.4, -0.2) is 83.1 Å². The maximum atomic E-state index is 13.9. The van der Waals surface area contributed by atoms with Crippen LogP contribution in [0.3, 0.4) is 0 Å². The van der Waals surface area contributed by atoms with Crippen LogP contribution in [0, 0.1) is 5.92 Å². The number of nitrogens with zero attached hydrogens (tertiary/aromatic N) is 7. The molecule has 2 amide bonds. The molecule has 1 saturated carbocycles. The fourth-order valence-electron chi connectivity index (χ4n) is 5.88. The number of fused-ring (bicyclic) bond motifs is 2. The molecule has 0 radical (unpaired) electrons. The number of carbonyl (C=O) groups excluding carboxylic acids is 2. The molecule has 4 aromatic heterocycles. The second-order valence-electron chi connectivity index (χ2n) is 15.0. The summed E-state index contributed by atoms with van der Waals surface area (Å²) in [5.74, 6) is 0.810. The van der Waals surface area contributed by atoms with E-state index in [0.29, 0.717) is 42.5 Å². The zero-order valence-electron chi connectivity index (χ0n) is 29.0. The van der Waals surface area contributed by atoms with Crippen LogP contribution in [0.1, 0.15) is 83.5 Å². The molecule has 0 bridgehead atoms. The van der Waals surface area contributed by atoms with Gasteiger partial charge in [0, 0.05) is 43.0 Å². The van der Waals surface area contributed by atoms with Crippen molar-refractivity contribution in [2.24, 2.45) is 5.92 Å². The van der Waals surface area contributed by atoms with Crippen molar-refractivity contribution < 1.29 is 37.3 Å². The van der Waals surface area contributed by atoms with Crippen LogP contribution in [0.15, 0.2) is 36.8 Å². The van der Waals surface area contributed by atoms with Gasteiger partial charge in [-0.1, -0.05) is 0 Å². The number of rotatable bonds is 7. The van der Waals surface area contributed by atoms with Gasteiger partial charge in [0.05, 0.1) is 36.6 Å². The standard InChI is InChI=1S/C34H43F3N8O5/c1-32(2,3)49-30(47)43-11-9-21(25(46)19-43)15-38-26-14-28(45-29(41-26)24(16-39-45)20-7-8-20)44(31(48)50-33(4,5)6)18-23-17-42-12-10-22(34(35,36)37)13-27(42)40-23/h10,12-14,16-17,20-21,25,46H,7-9,11,15,18-19H2,1-6H3,(H,38,41)/t21-,25+/m1/s1. The van der Waals surface area contributed by atoms with E-state index in [-0.39, 0.29) is 30.6 Å². The van der Waals surface area contributed by atoms with Gasteiger partial charge in [-0.25, -0.2) is 19.6 Å². The molecule has 0 spiro atoms. The van der Waals surface area contributed by atoms with E-state index in [0.717, 1.165) is 30.5 Å². The Bertz CT molecular complexity index is 1890. The summed E-state index contributed by atoms with van der Waals surface area (Å²) in [5, 5.41) is 18.9. The highest BCUT2D eigenvalue weighted by Gasteiger charge is 2.35. The molecule has 16 heteroatoms. The quantitative estimate of drug-likeness (QED) is 0.229. The van der Waals surface area contributed by atoms with Gasteiger partial charge in [-0.2, -0.15) is 22.8 Å². The molecular weight excluding hydrogens is 657 g/mol. The number of aromatic nitrogens is 5. The lowest BCUT2D eigenvalue weighted by Crippen LogP contribution is -2.49. The van der Waals surface area contributed by atoms with E-state index in [4.69, 9.17) is 14.5 Å². The minimum Gasteiger partial charge on any atom is -0.444 e.